The van der Waals surface area contributed by atoms with Crippen LogP contribution in [0.2, 0.25) is 0 Å². The van der Waals surface area contributed by atoms with Gasteiger partial charge in [0.15, 0.2) is 0 Å². The fraction of sp³-hybridized carbons (Fsp3) is 0.500. The molecule has 0 fully saturated rings. The van der Waals surface area contributed by atoms with Gasteiger partial charge >= 0.3 is 5.97 Å². The summed E-state index contributed by atoms with van der Waals surface area (Å²) in [7, 11) is 1.62. The molecule has 5 nitrogen and oxygen atoms in total. The van der Waals surface area contributed by atoms with Crippen LogP contribution in [0.3, 0.4) is 0 Å². The van der Waals surface area contributed by atoms with E-state index in [-0.39, 0.29) is 30.9 Å². The van der Waals surface area contributed by atoms with Crippen molar-refractivity contribution in [2.75, 3.05) is 13.6 Å². The van der Waals surface area contributed by atoms with Gasteiger partial charge in [-0.25, -0.2) is 0 Å². The molecule has 7 heteroatoms. The van der Waals surface area contributed by atoms with Crippen molar-refractivity contribution < 1.29 is 14.7 Å². The predicted molar refractivity (Wildman–Crippen MR) is 77.9 cm³/mol. The molecule has 1 heterocycles. The first-order chi connectivity index (χ1) is 8.41. The molecule has 0 saturated heterocycles. The standard InChI is InChI=1S/C12H18N2O3S.ClH/c1-8(10-5-4-6-18-10)13-11(15)7-14(3)9(2)12(16)17;/h4-6,8-9H,7H2,1-3H3,(H,13,15)(H,16,17);1H. The monoisotopic (exact) mass is 306 g/mol. The number of amides is 1. The van der Waals surface area contributed by atoms with Crippen LogP contribution >= 0.6 is 23.7 Å². The Hall–Kier alpha value is -1.11. The van der Waals surface area contributed by atoms with Gasteiger partial charge in [-0.15, -0.1) is 23.7 Å². The number of aliphatic carboxylic acids is 1. The number of carboxylic acid groups (broad SMARTS) is 1. The number of nitrogens with zero attached hydrogens (tertiary/aromatic N) is 1. The van der Waals surface area contributed by atoms with Gasteiger partial charge in [0.05, 0.1) is 12.6 Å². The molecule has 2 atom stereocenters. The predicted octanol–water partition coefficient (Wildman–Crippen LogP) is 1.75. The van der Waals surface area contributed by atoms with Crippen LogP contribution in [0.15, 0.2) is 17.5 Å². The smallest absolute Gasteiger partial charge is 0.320 e. The summed E-state index contributed by atoms with van der Waals surface area (Å²) in [5, 5.41) is 13.6. The zero-order valence-corrected chi connectivity index (χ0v) is 12.8. The van der Waals surface area contributed by atoms with Crippen molar-refractivity contribution in [1.29, 1.82) is 0 Å². The van der Waals surface area contributed by atoms with Gasteiger partial charge in [0.1, 0.15) is 6.04 Å². The molecule has 0 saturated carbocycles. The van der Waals surface area contributed by atoms with Crippen molar-refractivity contribution in [3.8, 4) is 0 Å². The van der Waals surface area contributed by atoms with E-state index in [4.69, 9.17) is 5.11 Å². The molecule has 1 aromatic heterocycles. The highest BCUT2D eigenvalue weighted by atomic mass is 35.5. The molecule has 0 aromatic carbocycles. The molecule has 1 aromatic rings. The normalized spacial score (nSPS) is 13.5. The lowest BCUT2D eigenvalue weighted by atomic mass is 10.2. The highest BCUT2D eigenvalue weighted by molar-refractivity contribution is 7.10. The van der Waals surface area contributed by atoms with Crippen LogP contribution in [-0.4, -0.2) is 41.5 Å². The lowest BCUT2D eigenvalue weighted by Crippen LogP contribution is -2.43. The lowest BCUT2D eigenvalue weighted by molar-refractivity contribution is -0.142. The number of thiophene rings is 1. The Labute approximate surface area is 123 Å². The number of hydrogen-bond donors (Lipinski definition) is 2. The fourth-order valence-corrected chi connectivity index (χ4v) is 2.18. The molecule has 108 valence electrons. The largest absolute Gasteiger partial charge is 0.480 e. The van der Waals surface area contributed by atoms with Gasteiger partial charge in [0, 0.05) is 4.88 Å². The van der Waals surface area contributed by atoms with Gasteiger partial charge in [-0.05, 0) is 32.3 Å². The van der Waals surface area contributed by atoms with Gasteiger partial charge in [0.25, 0.3) is 0 Å². The maximum Gasteiger partial charge on any atom is 0.320 e. The van der Waals surface area contributed by atoms with Crippen LogP contribution in [0, 0.1) is 0 Å². The molecule has 0 radical (unpaired) electrons. The van der Waals surface area contributed by atoms with E-state index in [9.17, 15) is 9.59 Å². The summed E-state index contributed by atoms with van der Waals surface area (Å²) in [6.07, 6.45) is 0. The quantitative estimate of drug-likeness (QED) is 0.840. The Morgan fingerprint density at radius 1 is 1.47 bits per heavy atom. The number of carbonyl (C=O) groups is 2. The molecule has 1 amide bonds. The summed E-state index contributed by atoms with van der Waals surface area (Å²) in [5.41, 5.74) is 0. The molecule has 2 N–H and O–H groups in total. The van der Waals surface area contributed by atoms with E-state index in [1.807, 2.05) is 24.4 Å². The zero-order valence-electron chi connectivity index (χ0n) is 11.1. The molecule has 2 unspecified atom stereocenters. The summed E-state index contributed by atoms with van der Waals surface area (Å²) in [6.45, 7) is 3.53. The van der Waals surface area contributed by atoms with Gasteiger partial charge in [-0.3, -0.25) is 14.5 Å². The van der Waals surface area contributed by atoms with Crippen molar-refractivity contribution in [3.05, 3.63) is 22.4 Å². The lowest BCUT2D eigenvalue weighted by Gasteiger charge is -2.21. The third-order valence-corrected chi connectivity index (χ3v) is 3.81. The Kier molecular flexibility index (Phi) is 7.66. The summed E-state index contributed by atoms with van der Waals surface area (Å²) in [4.78, 5) is 25.1. The number of likely N-dealkylation sites (N-methyl/N-ethyl adjacent to an activating group) is 1. The molecule has 0 aliphatic carbocycles. The number of halogens is 1. The minimum absolute atomic E-state index is 0. The molecule has 0 aliphatic heterocycles. The second-order valence-electron chi connectivity index (χ2n) is 4.23. The maximum absolute atomic E-state index is 11.7. The van der Waals surface area contributed by atoms with Crippen LogP contribution in [0.1, 0.15) is 24.8 Å². The van der Waals surface area contributed by atoms with Crippen molar-refractivity contribution in [3.63, 3.8) is 0 Å². The maximum atomic E-state index is 11.7. The summed E-state index contributed by atoms with van der Waals surface area (Å²) in [6, 6.07) is 3.17. The van der Waals surface area contributed by atoms with Crippen LogP contribution < -0.4 is 5.32 Å². The summed E-state index contributed by atoms with van der Waals surface area (Å²) >= 11 is 1.58. The Morgan fingerprint density at radius 2 is 2.11 bits per heavy atom. The fourth-order valence-electron chi connectivity index (χ4n) is 1.45. The minimum Gasteiger partial charge on any atom is -0.480 e. The van der Waals surface area contributed by atoms with Crippen molar-refractivity contribution in [2.24, 2.45) is 0 Å². The van der Waals surface area contributed by atoms with Crippen LogP contribution in [-0.2, 0) is 9.59 Å². The Morgan fingerprint density at radius 3 is 2.58 bits per heavy atom. The van der Waals surface area contributed by atoms with Gasteiger partial charge in [-0.1, -0.05) is 6.07 Å². The topological polar surface area (TPSA) is 69.6 Å². The van der Waals surface area contributed by atoms with Crippen molar-refractivity contribution in [1.82, 2.24) is 10.2 Å². The molecule has 0 spiro atoms. The average molecular weight is 307 g/mol. The average Bonchev–Trinajstić information content (AvgIpc) is 2.80. The van der Waals surface area contributed by atoms with Crippen LogP contribution in [0.4, 0.5) is 0 Å². The highest BCUT2D eigenvalue weighted by Crippen LogP contribution is 2.17. The molecule has 0 bridgehead atoms. The van der Waals surface area contributed by atoms with Gasteiger partial charge in [0.2, 0.25) is 5.91 Å². The number of rotatable bonds is 6. The zero-order chi connectivity index (χ0) is 13.7. The van der Waals surface area contributed by atoms with Crippen LogP contribution in [0.5, 0.6) is 0 Å². The molecule has 19 heavy (non-hydrogen) atoms. The van der Waals surface area contributed by atoms with E-state index in [2.05, 4.69) is 5.32 Å². The first-order valence-corrected chi connectivity index (χ1v) is 6.55. The third kappa shape index (κ3) is 5.59. The van der Waals surface area contributed by atoms with E-state index >= 15 is 0 Å². The second kappa shape index (κ2) is 8.14. The molecular formula is C12H19ClN2O3S. The minimum atomic E-state index is -0.934. The first kappa shape index (κ1) is 17.9. The number of carbonyl (C=O) groups excluding carboxylic acids is 1. The third-order valence-electron chi connectivity index (χ3n) is 2.76. The number of carboxylic acids is 1. The van der Waals surface area contributed by atoms with E-state index in [0.29, 0.717) is 0 Å². The SMILES string of the molecule is CC(NC(=O)CN(C)C(C)C(=O)O)c1cccs1.Cl. The van der Waals surface area contributed by atoms with E-state index in [0.717, 1.165) is 4.88 Å². The number of hydrogen-bond acceptors (Lipinski definition) is 4. The summed E-state index contributed by atoms with van der Waals surface area (Å²) in [5.74, 6) is -1.11. The van der Waals surface area contributed by atoms with Crippen molar-refractivity contribution >= 4 is 35.6 Å². The van der Waals surface area contributed by atoms with Gasteiger partial charge < -0.3 is 10.4 Å². The second-order valence-corrected chi connectivity index (χ2v) is 5.21. The van der Waals surface area contributed by atoms with Crippen molar-refractivity contribution in [2.45, 2.75) is 25.9 Å². The Bertz CT molecular complexity index is 411. The first-order valence-electron chi connectivity index (χ1n) is 5.67. The Balaban J connectivity index is 0.00000324. The number of nitrogens with one attached hydrogen (secondary N) is 1. The van der Waals surface area contributed by atoms with E-state index in [1.54, 1.807) is 25.3 Å². The summed E-state index contributed by atoms with van der Waals surface area (Å²) < 4.78 is 0. The van der Waals surface area contributed by atoms with Gasteiger partial charge in [-0.2, -0.15) is 0 Å². The molecule has 1 rings (SSSR count). The molecule has 0 aliphatic rings. The highest BCUT2D eigenvalue weighted by Gasteiger charge is 2.20. The van der Waals surface area contributed by atoms with E-state index < -0.39 is 12.0 Å². The van der Waals surface area contributed by atoms with E-state index in [1.165, 1.54) is 4.90 Å². The molecular weight excluding hydrogens is 288 g/mol. The van der Waals surface area contributed by atoms with Crippen LogP contribution in [0.25, 0.3) is 0 Å².